The van der Waals surface area contributed by atoms with Gasteiger partial charge in [-0.25, -0.2) is 9.18 Å². The lowest BCUT2D eigenvalue weighted by atomic mass is 9.73. The Kier molecular flexibility index (Phi) is 12.2. The van der Waals surface area contributed by atoms with Crippen LogP contribution in [-0.2, 0) is 10.3 Å². The van der Waals surface area contributed by atoms with Gasteiger partial charge in [-0.2, -0.15) is 0 Å². The molecule has 8 heteroatoms. The molecule has 3 atom stereocenters. The maximum Gasteiger partial charge on any atom is 0.317 e. The van der Waals surface area contributed by atoms with Crippen LogP contribution < -0.4 is 15.4 Å². The lowest BCUT2D eigenvalue weighted by Crippen LogP contribution is -2.54. The van der Waals surface area contributed by atoms with Gasteiger partial charge in [-0.05, 0) is 76.6 Å². The van der Waals surface area contributed by atoms with Crippen molar-refractivity contribution >= 4 is 6.03 Å². The van der Waals surface area contributed by atoms with Crippen LogP contribution in [0.25, 0.3) is 0 Å². The molecule has 1 aliphatic rings. The van der Waals surface area contributed by atoms with Gasteiger partial charge < -0.3 is 30.1 Å². The smallest absolute Gasteiger partial charge is 0.317 e. The Morgan fingerprint density at radius 1 is 1.20 bits per heavy atom. The number of urea groups is 1. The number of carbonyl (C=O) groups excluding carboxylic acids is 1. The van der Waals surface area contributed by atoms with Crippen molar-refractivity contribution in [1.29, 1.82) is 0 Å². The van der Waals surface area contributed by atoms with Crippen molar-refractivity contribution in [1.82, 2.24) is 15.5 Å². The first-order valence-electron chi connectivity index (χ1n) is 14.6. The minimum absolute atomic E-state index is 0.0172. The normalized spacial score (nSPS) is 17.9. The van der Waals surface area contributed by atoms with Gasteiger partial charge in [0.15, 0.2) is 11.6 Å². The zero-order valence-electron chi connectivity index (χ0n) is 24.8. The Morgan fingerprint density at radius 3 is 2.62 bits per heavy atom. The molecule has 1 saturated heterocycles. The molecule has 3 unspecified atom stereocenters. The third kappa shape index (κ3) is 8.66. The second kappa shape index (κ2) is 15.4. The number of nitrogens with one attached hydrogen (secondary N) is 2. The number of likely N-dealkylation sites (tertiary alicyclic amines) is 1. The number of para-hydroxylation sites is 1. The van der Waals surface area contributed by atoms with Gasteiger partial charge in [-0.3, -0.25) is 0 Å². The van der Waals surface area contributed by atoms with E-state index in [1.165, 1.54) is 6.07 Å². The maximum atomic E-state index is 15.3. The summed E-state index contributed by atoms with van der Waals surface area (Å²) >= 11 is 0. The van der Waals surface area contributed by atoms with Crippen LogP contribution in [0.4, 0.5) is 9.18 Å². The minimum Gasteiger partial charge on any atom is -0.454 e. The van der Waals surface area contributed by atoms with Gasteiger partial charge in [0.05, 0.1) is 5.60 Å². The average molecular weight is 558 g/mol. The molecule has 0 spiro atoms. The maximum absolute atomic E-state index is 15.3. The number of hydrogen-bond donors (Lipinski definition) is 3. The predicted molar refractivity (Wildman–Crippen MR) is 157 cm³/mol. The molecule has 0 saturated carbocycles. The summed E-state index contributed by atoms with van der Waals surface area (Å²) in [6.07, 6.45) is 4.20. The van der Waals surface area contributed by atoms with Gasteiger partial charge in [0.2, 0.25) is 0 Å². The van der Waals surface area contributed by atoms with Crippen LogP contribution in [0.2, 0.25) is 0 Å². The molecule has 3 N–H and O–H groups in total. The molecule has 0 aromatic heterocycles. The number of hydrogen-bond acceptors (Lipinski definition) is 5. The first-order chi connectivity index (χ1) is 19.2. The summed E-state index contributed by atoms with van der Waals surface area (Å²) in [6, 6.07) is 12.0. The number of aliphatic hydroxyl groups is 1. The van der Waals surface area contributed by atoms with E-state index in [4.69, 9.17) is 9.47 Å². The highest BCUT2D eigenvalue weighted by Crippen LogP contribution is 2.45. The number of benzene rings is 2. The van der Waals surface area contributed by atoms with Gasteiger partial charge in [-0.1, -0.05) is 43.7 Å². The zero-order valence-corrected chi connectivity index (χ0v) is 24.8. The van der Waals surface area contributed by atoms with Crippen LogP contribution in [0.5, 0.6) is 11.5 Å². The van der Waals surface area contributed by atoms with E-state index in [0.29, 0.717) is 56.3 Å². The third-order valence-corrected chi connectivity index (χ3v) is 7.75. The number of amides is 2. The zero-order chi connectivity index (χ0) is 29.1. The molecule has 1 heterocycles. The second-order valence-corrected chi connectivity index (χ2v) is 11.5. The summed E-state index contributed by atoms with van der Waals surface area (Å²) in [6.45, 7) is 8.52. The minimum atomic E-state index is -1.39. The van der Waals surface area contributed by atoms with Crippen molar-refractivity contribution in [3.05, 3.63) is 59.4 Å². The lowest BCUT2D eigenvalue weighted by molar-refractivity contribution is -0.0577. The van der Waals surface area contributed by atoms with Crippen molar-refractivity contribution in [3.8, 4) is 11.5 Å². The standard InChI is InChI=1S/C32H48FN3O4/c1-23(2)20-26(21-34-4)35-31(37)36-18-9-10-25(22-36)32(38,17-6-7-19-39-5)28-11-8-12-29(33)30(28)40-27-15-13-24(3)14-16-27/h8,11-16,23,25-26,34,38H,6-7,9-10,17-22H2,1-5H3,(H,35,37). The quantitative estimate of drug-likeness (QED) is 0.249. The van der Waals surface area contributed by atoms with Gasteiger partial charge in [-0.15, -0.1) is 0 Å². The molecule has 0 bridgehead atoms. The highest BCUT2D eigenvalue weighted by molar-refractivity contribution is 5.74. The number of nitrogens with zero attached hydrogens (tertiary/aromatic N) is 1. The topological polar surface area (TPSA) is 83.1 Å². The number of piperidine rings is 1. The molecule has 2 aromatic rings. The highest BCUT2D eigenvalue weighted by Gasteiger charge is 2.43. The molecule has 40 heavy (non-hydrogen) atoms. The average Bonchev–Trinajstić information content (AvgIpc) is 2.93. The second-order valence-electron chi connectivity index (χ2n) is 11.5. The molecule has 0 radical (unpaired) electrons. The van der Waals surface area contributed by atoms with Gasteiger partial charge in [0.1, 0.15) is 5.75 Å². The molecular weight excluding hydrogens is 509 g/mol. The molecule has 2 amide bonds. The molecule has 1 fully saturated rings. The molecule has 2 aromatic carbocycles. The Bertz CT molecular complexity index is 1060. The van der Waals surface area contributed by atoms with Crippen molar-refractivity contribution in [3.63, 3.8) is 0 Å². The summed E-state index contributed by atoms with van der Waals surface area (Å²) in [5.41, 5.74) is 0.101. The van der Waals surface area contributed by atoms with Crippen molar-refractivity contribution in [2.24, 2.45) is 11.8 Å². The molecule has 7 nitrogen and oxygen atoms in total. The monoisotopic (exact) mass is 557 g/mol. The Labute approximate surface area is 239 Å². The number of carbonyl (C=O) groups is 1. The third-order valence-electron chi connectivity index (χ3n) is 7.75. The first-order valence-corrected chi connectivity index (χ1v) is 14.6. The predicted octanol–water partition coefficient (Wildman–Crippen LogP) is 5.99. The SMILES string of the molecule is CNCC(CC(C)C)NC(=O)N1CCCC(C(O)(CCCCOC)c2cccc(F)c2Oc2ccc(C)cc2)C1. The fraction of sp³-hybridized carbons (Fsp3) is 0.594. The van der Waals surface area contributed by atoms with E-state index < -0.39 is 11.4 Å². The molecule has 222 valence electrons. The number of halogens is 1. The number of likely N-dealkylation sites (N-methyl/N-ethyl adjacent to an activating group) is 1. The van der Waals surface area contributed by atoms with Crippen LogP contribution in [-0.4, -0.2) is 62.5 Å². The van der Waals surface area contributed by atoms with Crippen LogP contribution in [0.15, 0.2) is 42.5 Å². The summed E-state index contributed by atoms with van der Waals surface area (Å²) in [7, 11) is 3.54. The summed E-state index contributed by atoms with van der Waals surface area (Å²) in [5, 5.41) is 18.8. The first kappa shape index (κ1) is 31.8. The summed E-state index contributed by atoms with van der Waals surface area (Å²) in [4.78, 5) is 15.2. The molecule has 3 rings (SSSR count). The largest absolute Gasteiger partial charge is 0.454 e. The lowest BCUT2D eigenvalue weighted by Gasteiger charge is -2.43. The van der Waals surface area contributed by atoms with Crippen LogP contribution in [0, 0.1) is 24.6 Å². The molecular formula is C32H48FN3O4. The Hall–Kier alpha value is -2.68. The van der Waals surface area contributed by atoms with E-state index in [9.17, 15) is 9.90 Å². The van der Waals surface area contributed by atoms with E-state index in [-0.39, 0.29) is 23.7 Å². The van der Waals surface area contributed by atoms with Crippen LogP contribution in [0.3, 0.4) is 0 Å². The Balaban J connectivity index is 1.90. The van der Waals surface area contributed by atoms with Gasteiger partial charge in [0.25, 0.3) is 0 Å². The van der Waals surface area contributed by atoms with Crippen molar-refractivity contribution < 1.29 is 23.8 Å². The summed E-state index contributed by atoms with van der Waals surface area (Å²) in [5.74, 6) is 0.175. The van der Waals surface area contributed by atoms with E-state index in [2.05, 4.69) is 24.5 Å². The highest BCUT2D eigenvalue weighted by atomic mass is 19.1. The van der Waals surface area contributed by atoms with Crippen LogP contribution in [0.1, 0.15) is 63.5 Å². The van der Waals surface area contributed by atoms with E-state index in [1.807, 2.05) is 26.1 Å². The fourth-order valence-corrected chi connectivity index (χ4v) is 5.70. The van der Waals surface area contributed by atoms with Gasteiger partial charge in [0, 0.05) is 50.9 Å². The summed E-state index contributed by atoms with van der Waals surface area (Å²) < 4.78 is 26.7. The fourth-order valence-electron chi connectivity index (χ4n) is 5.70. The van der Waals surface area contributed by atoms with Gasteiger partial charge >= 0.3 is 6.03 Å². The number of aryl methyl sites for hydroxylation is 1. The van der Waals surface area contributed by atoms with E-state index in [1.54, 1.807) is 36.3 Å². The molecule has 1 aliphatic heterocycles. The number of methoxy groups -OCH3 is 1. The Morgan fingerprint density at radius 2 is 1.95 bits per heavy atom. The van der Waals surface area contributed by atoms with Crippen molar-refractivity contribution in [2.75, 3.05) is 40.4 Å². The number of ether oxygens (including phenoxy) is 2. The van der Waals surface area contributed by atoms with E-state index >= 15 is 4.39 Å². The van der Waals surface area contributed by atoms with Crippen molar-refractivity contribution in [2.45, 2.75) is 70.9 Å². The van der Waals surface area contributed by atoms with Crippen LogP contribution >= 0.6 is 0 Å². The molecule has 0 aliphatic carbocycles. The number of unbranched alkanes of at least 4 members (excludes halogenated alkanes) is 1. The van der Waals surface area contributed by atoms with E-state index in [0.717, 1.165) is 31.2 Å². The number of rotatable bonds is 14.